The number of fused-ring (bicyclic) bond motifs is 1. The SMILES string of the molecule is COc1cc(Nc2nc(CC(C)C)c3c(n2)NC2(CCOC2)C(=O)N3)ccc1-n1cnc(C)c1. The van der Waals surface area contributed by atoms with Gasteiger partial charge in [0.05, 0.1) is 37.1 Å². The zero-order valence-electron chi connectivity index (χ0n) is 19.8. The van der Waals surface area contributed by atoms with Crippen molar-refractivity contribution in [1.29, 1.82) is 0 Å². The molecule has 1 unspecified atom stereocenters. The van der Waals surface area contributed by atoms with Gasteiger partial charge in [-0.3, -0.25) is 4.79 Å². The molecular weight excluding hydrogens is 434 g/mol. The number of nitrogens with one attached hydrogen (secondary N) is 3. The van der Waals surface area contributed by atoms with E-state index < -0.39 is 5.54 Å². The van der Waals surface area contributed by atoms with E-state index in [0.717, 1.165) is 22.8 Å². The van der Waals surface area contributed by atoms with Crippen LogP contribution in [0.25, 0.3) is 5.69 Å². The lowest BCUT2D eigenvalue weighted by Crippen LogP contribution is -2.53. The second kappa shape index (κ2) is 8.60. The van der Waals surface area contributed by atoms with Gasteiger partial charge in [0.1, 0.15) is 17.0 Å². The van der Waals surface area contributed by atoms with E-state index in [1.54, 1.807) is 13.4 Å². The Bertz CT molecular complexity index is 1230. The third-order valence-electron chi connectivity index (χ3n) is 6.06. The zero-order valence-corrected chi connectivity index (χ0v) is 19.8. The summed E-state index contributed by atoms with van der Waals surface area (Å²) in [7, 11) is 1.64. The van der Waals surface area contributed by atoms with Crippen molar-refractivity contribution in [2.75, 3.05) is 36.3 Å². The molecule has 3 aromatic rings. The van der Waals surface area contributed by atoms with Crippen LogP contribution in [0.3, 0.4) is 0 Å². The summed E-state index contributed by atoms with van der Waals surface area (Å²) in [5.74, 6) is 2.00. The Balaban J connectivity index is 1.49. The quantitative estimate of drug-likeness (QED) is 0.509. The predicted octanol–water partition coefficient (Wildman–Crippen LogP) is 3.44. The highest BCUT2D eigenvalue weighted by atomic mass is 16.5. The molecular formula is C24H29N7O3. The number of carbonyl (C=O) groups is 1. The van der Waals surface area contributed by atoms with E-state index in [9.17, 15) is 4.79 Å². The minimum atomic E-state index is -0.790. The first-order valence-corrected chi connectivity index (χ1v) is 11.4. The molecule has 0 bridgehead atoms. The van der Waals surface area contributed by atoms with Crippen LogP contribution >= 0.6 is 0 Å². The number of anilines is 4. The van der Waals surface area contributed by atoms with Gasteiger partial charge >= 0.3 is 0 Å². The summed E-state index contributed by atoms with van der Waals surface area (Å²) >= 11 is 0. The molecule has 1 fully saturated rings. The molecule has 5 rings (SSSR count). The summed E-state index contributed by atoms with van der Waals surface area (Å²) in [6.45, 7) is 7.03. The van der Waals surface area contributed by atoms with Gasteiger partial charge in [0.25, 0.3) is 5.91 Å². The summed E-state index contributed by atoms with van der Waals surface area (Å²) in [5.41, 5.74) is 3.23. The Hall–Kier alpha value is -3.66. The largest absolute Gasteiger partial charge is 0.494 e. The second-order valence-corrected chi connectivity index (χ2v) is 9.21. The van der Waals surface area contributed by atoms with Gasteiger partial charge in [0, 0.05) is 31.0 Å². The van der Waals surface area contributed by atoms with Crippen LogP contribution in [0.15, 0.2) is 30.7 Å². The Morgan fingerprint density at radius 2 is 2.18 bits per heavy atom. The van der Waals surface area contributed by atoms with Crippen molar-refractivity contribution in [2.24, 2.45) is 5.92 Å². The van der Waals surface area contributed by atoms with E-state index in [0.29, 0.717) is 55.2 Å². The number of aromatic nitrogens is 4. The number of aryl methyl sites for hydroxylation is 1. The number of hydrogen-bond acceptors (Lipinski definition) is 8. The van der Waals surface area contributed by atoms with Crippen molar-refractivity contribution in [2.45, 2.75) is 39.2 Å². The highest BCUT2D eigenvalue weighted by Gasteiger charge is 2.46. The summed E-state index contributed by atoms with van der Waals surface area (Å²) in [6.07, 6.45) is 5.00. The molecule has 1 aromatic carbocycles. The first-order valence-electron chi connectivity index (χ1n) is 11.4. The molecule has 4 heterocycles. The number of nitrogens with zero attached hydrogens (tertiary/aromatic N) is 4. The Kier molecular flexibility index (Phi) is 5.60. The van der Waals surface area contributed by atoms with E-state index in [4.69, 9.17) is 19.4 Å². The van der Waals surface area contributed by atoms with Gasteiger partial charge < -0.3 is 30.0 Å². The lowest BCUT2D eigenvalue weighted by molar-refractivity contribution is -0.120. The van der Waals surface area contributed by atoms with E-state index >= 15 is 0 Å². The van der Waals surface area contributed by atoms with Crippen LogP contribution in [0.5, 0.6) is 5.75 Å². The summed E-state index contributed by atoms with van der Waals surface area (Å²) in [6, 6.07) is 5.80. The van der Waals surface area contributed by atoms with Crippen LogP contribution in [-0.4, -0.2) is 51.3 Å². The third-order valence-corrected chi connectivity index (χ3v) is 6.06. The van der Waals surface area contributed by atoms with E-state index in [2.05, 4.69) is 34.8 Å². The molecule has 1 spiro atoms. The number of carbonyl (C=O) groups excluding carboxylic acids is 1. The number of rotatable bonds is 6. The van der Waals surface area contributed by atoms with E-state index in [-0.39, 0.29) is 5.91 Å². The number of ether oxygens (including phenoxy) is 2. The Morgan fingerprint density at radius 1 is 1.32 bits per heavy atom. The smallest absolute Gasteiger partial charge is 0.252 e. The fourth-order valence-corrected chi connectivity index (χ4v) is 4.33. The van der Waals surface area contributed by atoms with Crippen LogP contribution in [0.4, 0.5) is 23.1 Å². The molecule has 0 radical (unpaired) electrons. The minimum absolute atomic E-state index is 0.0955. The van der Waals surface area contributed by atoms with Gasteiger partial charge in [0.15, 0.2) is 5.82 Å². The highest BCUT2D eigenvalue weighted by molar-refractivity contribution is 6.06. The molecule has 1 atom stereocenters. The molecule has 10 heteroatoms. The van der Waals surface area contributed by atoms with Gasteiger partial charge in [-0.25, -0.2) is 9.97 Å². The molecule has 0 saturated carbocycles. The molecule has 0 aliphatic carbocycles. The average molecular weight is 464 g/mol. The summed E-state index contributed by atoms with van der Waals surface area (Å²) in [4.78, 5) is 26.6. The molecule has 1 saturated heterocycles. The normalized spacial score (nSPS) is 19.1. The van der Waals surface area contributed by atoms with Crippen molar-refractivity contribution >= 4 is 29.0 Å². The van der Waals surface area contributed by atoms with Crippen molar-refractivity contribution in [1.82, 2.24) is 19.5 Å². The van der Waals surface area contributed by atoms with Crippen molar-refractivity contribution in [3.8, 4) is 11.4 Å². The van der Waals surface area contributed by atoms with Gasteiger partial charge in [-0.05, 0) is 31.4 Å². The van der Waals surface area contributed by atoms with Crippen molar-refractivity contribution in [3.63, 3.8) is 0 Å². The zero-order chi connectivity index (χ0) is 23.9. The topological polar surface area (TPSA) is 115 Å². The maximum absolute atomic E-state index is 12.9. The van der Waals surface area contributed by atoms with Crippen LogP contribution in [0.1, 0.15) is 31.7 Å². The van der Waals surface area contributed by atoms with Gasteiger partial charge in [-0.2, -0.15) is 4.98 Å². The van der Waals surface area contributed by atoms with Gasteiger partial charge in [-0.1, -0.05) is 13.8 Å². The number of benzene rings is 1. The third kappa shape index (κ3) is 4.05. The Labute approximate surface area is 198 Å². The molecule has 34 heavy (non-hydrogen) atoms. The maximum atomic E-state index is 12.9. The summed E-state index contributed by atoms with van der Waals surface area (Å²) in [5, 5.41) is 9.70. The van der Waals surface area contributed by atoms with Crippen molar-refractivity contribution < 1.29 is 14.3 Å². The van der Waals surface area contributed by atoms with E-state index in [1.807, 2.05) is 35.9 Å². The lowest BCUT2D eigenvalue weighted by Gasteiger charge is -2.34. The molecule has 2 aromatic heterocycles. The molecule has 3 N–H and O–H groups in total. The molecule has 10 nitrogen and oxygen atoms in total. The van der Waals surface area contributed by atoms with E-state index in [1.165, 1.54) is 0 Å². The van der Waals surface area contributed by atoms with Crippen LogP contribution in [0, 0.1) is 12.8 Å². The van der Waals surface area contributed by atoms with Crippen LogP contribution in [0.2, 0.25) is 0 Å². The minimum Gasteiger partial charge on any atom is -0.494 e. The van der Waals surface area contributed by atoms with Gasteiger partial charge in [-0.15, -0.1) is 0 Å². The Morgan fingerprint density at radius 3 is 2.85 bits per heavy atom. The monoisotopic (exact) mass is 463 g/mol. The fourth-order valence-electron chi connectivity index (χ4n) is 4.33. The van der Waals surface area contributed by atoms with Crippen molar-refractivity contribution in [3.05, 3.63) is 42.1 Å². The maximum Gasteiger partial charge on any atom is 0.252 e. The molecule has 1 amide bonds. The van der Waals surface area contributed by atoms with Crippen LogP contribution < -0.4 is 20.7 Å². The number of methoxy groups -OCH3 is 1. The number of imidazole rings is 1. The lowest BCUT2D eigenvalue weighted by atomic mass is 9.94. The standard InChI is InChI=1S/C24H29N7O3/c1-14(2)9-17-20-21(30-24(22(32)28-20)7-8-34-12-24)29-23(27-17)26-16-5-6-18(19(10-16)33-4)31-11-15(3)25-13-31/h5-6,10-11,13-14H,7-9,12H2,1-4H3,(H,28,32)(H2,26,27,29,30). The highest BCUT2D eigenvalue weighted by Crippen LogP contribution is 2.37. The molecule has 2 aliphatic heterocycles. The van der Waals surface area contributed by atoms with Crippen LogP contribution in [-0.2, 0) is 16.0 Å². The number of hydrogen-bond donors (Lipinski definition) is 3. The van der Waals surface area contributed by atoms with Gasteiger partial charge in [0.2, 0.25) is 5.95 Å². The molecule has 2 aliphatic rings. The second-order valence-electron chi connectivity index (χ2n) is 9.21. The number of amides is 1. The molecule has 178 valence electrons. The summed E-state index contributed by atoms with van der Waals surface area (Å²) < 4.78 is 13.1. The first-order chi connectivity index (χ1) is 16.4. The first kappa shape index (κ1) is 22.1. The average Bonchev–Trinajstić information content (AvgIpc) is 3.44. The fraction of sp³-hybridized carbons (Fsp3) is 0.417. The predicted molar refractivity (Wildman–Crippen MR) is 129 cm³/mol.